The maximum atomic E-state index is 11.2. The standard InChI is InChI=1S/C18H31N3O2S2/c1-3-19-17(20-12-8-14-25(2,22)23)21-15-18(10-5-4-6-11-18)16-9-7-13-24-16/h7,9,13H,3-6,8,10-12,14-15H2,1-2H3,(H2,19,20,21). The van der Waals surface area contributed by atoms with E-state index >= 15 is 0 Å². The largest absolute Gasteiger partial charge is 0.357 e. The van der Waals surface area contributed by atoms with E-state index in [4.69, 9.17) is 4.99 Å². The Kier molecular flexibility index (Phi) is 7.75. The molecule has 0 amide bonds. The summed E-state index contributed by atoms with van der Waals surface area (Å²) in [7, 11) is -2.90. The van der Waals surface area contributed by atoms with Gasteiger partial charge in [0.25, 0.3) is 0 Å². The van der Waals surface area contributed by atoms with Crippen LogP contribution in [0.3, 0.4) is 0 Å². The fourth-order valence-electron chi connectivity index (χ4n) is 3.40. The molecular formula is C18H31N3O2S2. The number of hydrogen-bond acceptors (Lipinski definition) is 4. The van der Waals surface area contributed by atoms with Crippen LogP contribution in [0.25, 0.3) is 0 Å². The third kappa shape index (κ3) is 6.62. The van der Waals surface area contributed by atoms with Gasteiger partial charge in [-0.05, 0) is 37.6 Å². The van der Waals surface area contributed by atoms with Crippen LogP contribution in [0.15, 0.2) is 22.5 Å². The highest BCUT2D eigenvalue weighted by atomic mass is 32.2. The Bertz CT molecular complexity index is 633. The smallest absolute Gasteiger partial charge is 0.191 e. The predicted molar refractivity (Wildman–Crippen MR) is 107 cm³/mol. The van der Waals surface area contributed by atoms with Crippen molar-refractivity contribution in [1.29, 1.82) is 0 Å². The van der Waals surface area contributed by atoms with E-state index in [1.54, 1.807) is 0 Å². The molecule has 0 spiro atoms. The molecule has 1 heterocycles. The Morgan fingerprint density at radius 3 is 2.64 bits per heavy atom. The average Bonchev–Trinajstić information content (AvgIpc) is 3.11. The molecule has 7 heteroatoms. The fraction of sp³-hybridized carbons (Fsp3) is 0.722. The molecule has 1 saturated carbocycles. The van der Waals surface area contributed by atoms with Crippen molar-refractivity contribution in [2.45, 2.75) is 50.9 Å². The molecule has 2 N–H and O–H groups in total. The molecular weight excluding hydrogens is 354 g/mol. The van der Waals surface area contributed by atoms with Crippen molar-refractivity contribution in [2.75, 3.05) is 31.6 Å². The highest BCUT2D eigenvalue weighted by molar-refractivity contribution is 7.90. The Labute approximate surface area is 156 Å². The molecule has 0 aliphatic heterocycles. The van der Waals surface area contributed by atoms with E-state index < -0.39 is 9.84 Å². The first-order chi connectivity index (χ1) is 12.0. The topological polar surface area (TPSA) is 70.6 Å². The second kappa shape index (κ2) is 9.57. The molecule has 1 aromatic heterocycles. The number of guanidine groups is 1. The van der Waals surface area contributed by atoms with Crippen LogP contribution in [-0.4, -0.2) is 46.0 Å². The lowest BCUT2D eigenvalue weighted by Gasteiger charge is -2.35. The molecule has 1 aromatic rings. The van der Waals surface area contributed by atoms with Crippen LogP contribution in [0.4, 0.5) is 0 Å². The van der Waals surface area contributed by atoms with Crippen molar-refractivity contribution in [3.63, 3.8) is 0 Å². The van der Waals surface area contributed by atoms with Crippen molar-refractivity contribution in [3.05, 3.63) is 22.4 Å². The molecule has 0 atom stereocenters. The van der Waals surface area contributed by atoms with Crippen LogP contribution in [0, 0.1) is 0 Å². The Morgan fingerprint density at radius 2 is 2.04 bits per heavy atom. The predicted octanol–water partition coefficient (Wildman–Crippen LogP) is 2.94. The van der Waals surface area contributed by atoms with Crippen LogP contribution in [0.5, 0.6) is 0 Å². The van der Waals surface area contributed by atoms with Gasteiger partial charge in [0.1, 0.15) is 9.84 Å². The van der Waals surface area contributed by atoms with Gasteiger partial charge in [0.05, 0.1) is 12.3 Å². The van der Waals surface area contributed by atoms with E-state index in [0.717, 1.165) is 19.0 Å². The molecule has 1 aliphatic rings. The molecule has 25 heavy (non-hydrogen) atoms. The number of thiophene rings is 1. The van der Waals surface area contributed by atoms with Gasteiger partial charge in [-0.1, -0.05) is 25.3 Å². The van der Waals surface area contributed by atoms with E-state index in [1.807, 2.05) is 18.3 Å². The van der Waals surface area contributed by atoms with Crippen LogP contribution >= 0.6 is 11.3 Å². The number of nitrogens with one attached hydrogen (secondary N) is 2. The zero-order valence-corrected chi connectivity index (χ0v) is 17.0. The zero-order chi connectivity index (χ0) is 18.2. The lowest BCUT2D eigenvalue weighted by atomic mass is 9.73. The molecule has 1 fully saturated rings. The fourth-order valence-corrected chi connectivity index (χ4v) is 5.05. The molecule has 0 radical (unpaired) electrons. The third-order valence-electron chi connectivity index (χ3n) is 4.72. The number of hydrogen-bond donors (Lipinski definition) is 2. The van der Waals surface area contributed by atoms with Crippen LogP contribution < -0.4 is 10.6 Å². The maximum Gasteiger partial charge on any atom is 0.191 e. The zero-order valence-electron chi connectivity index (χ0n) is 15.4. The summed E-state index contributed by atoms with van der Waals surface area (Å²) in [6.45, 7) is 4.24. The van der Waals surface area contributed by atoms with E-state index in [-0.39, 0.29) is 11.2 Å². The molecule has 2 rings (SSSR count). The minimum absolute atomic E-state index is 0.168. The van der Waals surface area contributed by atoms with E-state index in [2.05, 4.69) is 28.1 Å². The molecule has 0 saturated heterocycles. The number of nitrogens with zero attached hydrogens (tertiary/aromatic N) is 1. The molecule has 0 aromatic carbocycles. The second-order valence-corrected chi connectivity index (χ2v) is 10.1. The summed E-state index contributed by atoms with van der Waals surface area (Å²) >= 11 is 1.84. The lowest BCUT2D eigenvalue weighted by Crippen LogP contribution is -2.40. The SMILES string of the molecule is CCNC(=NCC1(c2cccs2)CCCCC1)NCCCS(C)(=O)=O. The average molecular weight is 386 g/mol. The number of sulfone groups is 1. The Hall–Kier alpha value is -1.08. The van der Waals surface area contributed by atoms with Gasteiger partial charge in [-0.25, -0.2) is 8.42 Å². The Morgan fingerprint density at radius 1 is 1.28 bits per heavy atom. The first-order valence-electron chi connectivity index (χ1n) is 9.19. The monoisotopic (exact) mass is 385 g/mol. The summed E-state index contributed by atoms with van der Waals surface area (Å²) < 4.78 is 22.5. The third-order valence-corrected chi connectivity index (χ3v) is 6.87. The quantitative estimate of drug-likeness (QED) is 0.410. The normalized spacial score (nSPS) is 18.1. The lowest BCUT2D eigenvalue weighted by molar-refractivity contribution is 0.306. The van der Waals surface area contributed by atoms with Gasteiger partial charge in [-0.3, -0.25) is 4.99 Å². The van der Waals surface area contributed by atoms with Crippen molar-refractivity contribution in [1.82, 2.24) is 10.6 Å². The van der Waals surface area contributed by atoms with Gasteiger partial charge in [-0.15, -0.1) is 11.3 Å². The number of aliphatic imine (C=N–C) groups is 1. The highest BCUT2D eigenvalue weighted by Crippen LogP contribution is 2.41. The van der Waals surface area contributed by atoms with Crippen molar-refractivity contribution < 1.29 is 8.42 Å². The van der Waals surface area contributed by atoms with Gasteiger partial charge in [0.2, 0.25) is 0 Å². The minimum atomic E-state index is -2.90. The number of rotatable bonds is 8. The van der Waals surface area contributed by atoms with Crippen molar-refractivity contribution >= 4 is 27.1 Å². The van der Waals surface area contributed by atoms with Crippen LogP contribution in [-0.2, 0) is 15.3 Å². The summed E-state index contributed by atoms with van der Waals surface area (Å²) in [5.41, 5.74) is 0.168. The van der Waals surface area contributed by atoms with Gasteiger partial charge < -0.3 is 10.6 Å². The van der Waals surface area contributed by atoms with E-state index in [9.17, 15) is 8.42 Å². The molecule has 0 bridgehead atoms. The van der Waals surface area contributed by atoms with Crippen molar-refractivity contribution in [2.24, 2.45) is 4.99 Å². The molecule has 142 valence electrons. The van der Waals surface area contributed by atoms with Crippen LogP contribution in [0.1, 0.15) is 50.3 Å². The summed E-state index contributed by atoms with van der Waals surface area (Å²) in [6.07, 6.45) is 8.13. The van der Waals surface area contributed by atoms with Gasteiger partial charge in [0, 0.05) is 29.6 Å². The maximum absolute atomic E-state index is 11.2. The second-order valence-electron chi connectivity index (χ2n) is 6.92. The first-order valence-corrected chi connectivity index (χ1v) is 12.1. The molecule has 5 nitrogen and oxygen atoms in total. The first kappa shape index (κ1) is 20.2. The summed E-state index contributed by atoms with van der Waals surface area (Å²) in [4.78, 5) is 6.30. The van der Waals surface area contributed by atoms with Gasteiger partial charge >= 0.3 is 0 Å². The van der Waals surface area contributed by atoms with Crippen molar-refractivity contribution in [3.8, 4) is 0 Å². The summed E-state index contributed by atoms with van der Waals surface area (Å²) in [6, 6.07) is 4.38. The highest BCUT2D eigenvalue weighted by Gasteiger charge is 2.34. The van der Waals surface area contributed by atoms with E-state index in [1.165, 1.54) is 43.2 Å². The Balaban J connectivity index is 1.99. The minimum Gasteiger partial charge on any atom is -0.357 e. The van der Waals surface area contributed by atoms with Gasteiger partial charge in [-0.2, -0.15) is 0 Å². The summed E-state index contributed by atoms with van der Waals surface area (Å²) in [5, 5.41) is 8.71. The van der Waals surface area contributed by atoms with Crippen LogP contribution in [0.2, 0.25) is 0 Å². The summed E-state index contributed by atoms with van der Waals surface area (Å²) in [5.74, 6) is 0.996. The molecule has 1 aliphatic carbocycles. The van der Waals surface area contributed by atoms with E-state index in [0.29, 0.717) is 13.0 Å². The van der Waals surface area contributed by atoms with Gasteiger partial charge in [0.15, 0.2) is 5.96 Å². The molecule has 0 unspecified atom stereocenters.